The van der Waals surface area contributed by atoms with Crippen LogP contribution in [0.3, 0.4) is 0 Å². The lowest BCUT2D eigenvalue weighted by Gasteiger charge is -2.14. The van der Waals surface area contributed by atoms with E-state index < -0.39 is 0 Å². The summed E-state index contributed by atoms with van der Waals surface area (Å²) in [6, 6.07) is 8.23. The van der Waals surface area contributed by atoms with Crippen LogP contribution in [0.15, 0.2) is 24.3 Å². The maximum absolute atomic E-state index is 12.5. The van der Waals surface area contributed by atoms with E-state index in [0.717, 1.165) is 37.9 Å². The van der Waals surface area contributed by atoms with Crippen molar-refractivity contribution in [2.75, 3.05) is 7.11 Å². The Kier molecular flexibility index (Phi) is 14.7. The Morgan fingerprint density at radius 3 is 1.86 bits per heavy atom. The lowest BCUT2D eigenvalue weighted by Crippen LogP contribution is -2.14. The maximum Gasteiger partial charge on any atom is 0.135 e. The van der Waals surface area contributed by atoms with Crippen LogP contribution in [0.25, 0.3) is 0 Å². The highest BCUT2D eigenvalue weighted by atomic mass is 16.5. The van der Waals surface area contributed by atoms with Crippen molar-refractivity contribution >= 4 is 5.78 Å². The van der Waals surface area contributed by atoms with Crippen molar-refractivity contribution in [3.05, 3.63) is 29.8 Å². The fraction of sp³-hybridized carbons (Fsp3) is 0.731. The molecule has 0 saturated carbocycles. The van der Waals surface area contributed by atoms with Crippen molar-refractivity contribution < 1.29 is 9.53 Å². The van der Waals surface area contributed by atoms with Crippen molar-refractivity contribution in [1.29, 1.82) is 0 Å². The molecule has 0 aromatic heterocycles. The van der Waals surface area contributed by atoms with Gasteiger partial charge in [0.25, 0.3) is 0 Å². The first-order chi connectivity index (χ1) is 13.7. The molecule has 1 aromatic carbocycles. The van der Waals surface area contributed by atoms with Gasteiger partial charge in [0.1, 0.15) is 11.5 Å². The molecule has 1 rings (SSSR count). The van der Waals surface area contributed by atoms with E-state index in [0.29, 0.717) is 5.78 Å². The number of Topliss-reactive ketones (excluding diaryl/α,β-unsaturated/α-hetero) is 1. The van der Waals surface area contributed by atoms with E-state index in [4.69, 9.17) is 4.74 Å². The van der Waals surface area contributed by atoms with E-state index in [9.17, 15) is 4.79 Å². The van der Waals surface area contributed by atoms with Gasteiger partial charge < -0.3 is 4.74 Å². The van der Waals surface area contributed by atoms with Gasteiger partial charge in [-0.1, -0.05) is 90.2 Å². The van der Waals surface area contributed by atoms with Gasteiger partial charge in [-0.3, -0.25) is 4.79 Å². The van der Waals surface area contributed by atoms with Crippen molar-refractivity contribution in [1.82, 2.24) is 0 Å². The zero-order chi connectivity index (χ0) is 20.5. The van der Waals surface area contributed by atoms with Crippen LogP contribution in [0.5, 0.6) is 5.75 Å². The Labute approximate surface area is 174 Å². The van der Waals surface area contributed by atoms with E-state index in [1.807, 2.05) is 12.1 Å². The summed E-state index contributed by atoms with van der Waals surface area (Å²) in [5.74, 6) is 1.60. The van der Waals surface area contributed by atoms with Gasteiger partial charge in [0.05, 0.1) is 7.11 Å². The lowest BCUT2D eigenvalue weighted by atomic mass is 9.90. The second-order valence-corrected chi connectivity index (χ2v) is 8.24. The molecule has 1 unspecified atom stereocenters. The zero-order valence-corrected chi connectivity index (χ0v) is 18.8. The van der Waals surface area contributed by atoms with Crippen LogP contribution in [0.2, 0.25) is 0 Å². The fourth-order valence-electron chi connectivity index (χ4n) is 3.89. The summed E-state index contributed by atoms with van der Waals surface area (Å²) >= 11 is 0. The Balaban J connectivity index is 2.07. The minimum atomic E-state index is 0.227. The van der Waals surface area contributed by atoms with Crippen molar-refractivity contribution in [3.8, 4) is 5.75 Å². The summed E-state index contributed by atoms with van der Waals surface area (Å²) < 4.78 is 5.21. The number of methoxy groups -OCH3 is 1. The molecule has 0 saturated heterocycles. The second-order valence-electron chi connectivity index (χ2n) is 8.24. The third kappa shape index (κ3) is 11.5. The third-order valence-electron chi connectivity index (χ3n) is 5.92. The molecule has 1 aromatic rings. The molecule has 0 N–H and O–H groups in total. The number of carbonyl (C=O) groups excluding carboxylic acids is 1. The van der Waals surface area contributed by atoms with Crippen LogP contribution in [0.4, 0.5) is 0 Å². The van der Waals surface area contributed by atoms with Crippen LogP contribution in [-0.4, -0.2) is 12.9 Å². The molecule has 0 heterocycles. The van der Waals surface area contributed by atoms with Gasteiger partial charge in [0.2, 0.25) is 0 Å². The van der Waals surface area contributed by atoms with Crippen molar-refractivity contribution in [2.45, 2.75) is 110 Å². The number of hydrogen-bond acceptors (Lipinski definition) is 2. The summed E-state index contributed by atoms with van der Waals surface area (Å²) in [6.45, 7) is 4.42. The molecule has 0 radical (unpaired) electrons. The van der Waals surface area contributed by atoms with E-state index in [-0.39, 0.29) is 5.92 Å². The smallest absolute Gasteiger partial charge is 0.135 e. The number of ketones is 1. The summed E-state index contributed by atoms with van der Waals surface area (Å²) in [5.41, 5.74) is 1.29. The van der Waals surface area contributed by atoms with E-state index >= 15 is 0 Å². The topological polar surface area (TPSA) is 26.3 Å². The minimum absolute atomic E-state index is 0.227. The third-order valence-corrected chi connectivity index (χ3v) is 5.92. The van der Waals surface area contributed by atoms with Crippen LogP contribution < -0.4 is 4.74 Å². The minimum Gasteiger partial charge on any atom is -0.497 e. The highest BCUT2D eigenvalue weighted by molar-refractivity contribution is 5.80. The Morgan fingerprint density at radius 1 is 0.821 bits per heavy atom. The van der Waals surface area contributed by atoms with Gasteiger partial charge in [-0.05, 0) is 43.4 Å². The average molecular weight is 389 g/mol. The molecule has 0 bridgehead atoms. The Hall–Kier alpha value is -1.31. The molecule has 0 fully saturated rings. The quantitative estimate of drug-likeness (QED) is 0.239. The molecule has 0 amide bonds. The summed E-state index contributed by atoms with van der Waals surface area (Å²) in [6.07, 6.45) is 18.4. The number of unbranched alkanes of at least 4 members (excludes halogenated alkanes) is 10. The number of aryl methyl sites for hydroxylation is 1. The fourth-order valence-corrected chi connectivity index (χ4v) is 3.89. The van der Waals surface area contributed by atoms with Crippen LogP contribution >= 0.6 is 0 Å². The number of ether oxygens (including phenoxy) is 1. The molecule has 0 aliphatic rings. The molecule has 0 aliphatic carbocycles. The maximum atomic E-state index is 12.5. The first kappa shape index (κ1) is 24.7. The second kappa shape index (κ2) is 16.6. The standard InChI is InChI=1S/C26H44O2/c1-4-6-7-8-9-10-11-12-13-14-15-16-26(27)24(5-2)20-17-23-18-21-25(28-3)22-19-23/h18-19,21-22,24H,4-17,20H2,1-3H3. The molecule has 0 spiro atoms. The monoisotopic (exact) mass is 388 g/mol. The molecule has 160 valence electrons. The Morgan fingerprint density at radius 2 is 1.36 bits per heavy atom. The van der Waals surface area contributed by atoms with Gasteiger partial charge >= 0.3 is 0 Å². The zero-order valence-electron chi connectivity index (χ0n) is 18.8. The summed E-state index contributed by atoms with van der Waals surface area (Å²) in [5, 5.41) is 0. The first-order valence-corrected chi connectivity index (χ1v) is 11.9. The molecule has 2 nitrogen and oxygen atoms in total. The van der Waals surface area contributed by atoms with Crippen molar-refractivity contribution in [2.24, 2.45) is 5.92 Å². The molecule has 2 heteroatoms. The van der Waals surface area contributed by atoms with E-state index in [1.165, 1.54) is 69.8 Å². The van der Waals surface area contributed by atoms with Crippen LogP contribution in [0, 0.1) is 5.92 Å². The van der Waals surface area contributed by atoms with E-state index in [1.54, 1.807) is 7.11 Å². The van der Waals surface area contributed by atoms with E-state index in [2.05, 4.69) is 26.0 Å². The summed E-state index contributed by atoms with van der Waals surface area (Å²) in [4.78, 5) is 12.5. The predicted molar refractivity (Wildman–Crippen MR) is 121 cm³/mol. The highest BCUT2D eigenvalue weighted by Crippen LogP contribution is 2.20. The number of hydrogen-bond donors (Lipinski definition) is 0. The van der Waals surface area contributed by atoms with Crippen LogP contribution in [0.1, 0.15) is 109 Å². The Bertz CT molecular complexity index is 492. The molecule has 1 atom stereocenters. The average Bonchev–Trinajstić information content (AvgIpc) is 2.73. The first-order valence-electron chi connectivity index (χ1n) is 11.9. The van der Waals surface area contributed by atoms with Crippen molar-refractivity contribution in [3.63, 3.8) is 0 Å². The molecule has 28 heavy (non-hydrogen) atoms. The van der Waals surface area contributed by atoms with Gasteiger partial charge in [-0.25, -0.2) is 0 Å². The molecular weight excluding hydrogens is 344 g/mol. The predicted octanol–water partition coefficient (Wildman–Crippen LogP) is 7.92. The van der Waals surface area contributed by atoms with Crippen LogP contribution in [-0.2, 0) is 11.2 Å². The molecular formula is C26H44O2. The number of carbonyl (C=O) groups is 1. The summed E-state index contributed by atoms with van der Waals surface area (Å²) in [7, 11) is 1.69. The number of benzene rings is 1. The van der Waals surface area contributed by atoms with Gasteiger partial charge in [0, 0.05) is 12.3 Å². The number of rotatable bonds is 18. The van der Waals surface area contributed by atoms with Gasteiger partial charge in [-0.15, -0.1) is 0 Å². The van der Waals surface area contributed by atoms with Gasteiger partial charge in [0.15, 0.2) is 0 Å². The largest absolute Gasteiger partial charge is 0.497 e. The highest BCUT2D eigenvalue weighted by Gasteiger charge is 2.15. The SMILES string of the molecule is CCCCCCCCCCCCCC(=O)C(CC)CCc1ccc(OC)cc1. The normalized spacial score (nSPS) is 12.1. The van der Waals surface area contributed by atoms with Gasteiger partial charge in [-0.2, -0.15) is 0 Å². The molecule has 0 aliphatic heterocycles. The lowest BCUT2D eigenvalue weighted by molar-refractivity contribution is -0.123.